The number of carbonyl (C=O) groups excluding carboxylic acids is 8. The fourth-order valence-electron chi connectivity index (χ4n) is 6.48. The highest BCUT2D eigenvalue weighted by Gasteiger charge is 2.33. The predicted molar refractivity (Wildman–Crippen MR) is 250 cm³/mol. The molecule has 1 heterocycles. The molecule has 0 aliphatic rings. The van der Waals surface area contributed by atoms with Gasteiger partial charge in [-0.15, -0.1) is 0 Å². The molecule has 0 saturated carbocycles. The first kappa shape index (κ1) is 60.1. The van der Waals surface area contributed by atoms with Crippen molar-refractivity contribution in [2.24, 2.45) is 28.7 Å². The number of rotatable bonds is 38. The zero-order valence-electron chi connectivity index (χ0n) is 38.6. The Labute approximate surface area is 399 Å². The lowest BCUT2D eigenvalue weighted by molar-refractivity contribution is -0.142. The summed E-state index contributed by atoms with van der Waals surface area (Å²) in [6.07, 6.45) is 5.97. The first-order valence-corrected chi connectivity index (χ1v) is 23.9. The average Bonchev–Trinajstić information content (AvgIpc) is 3.81. The second-order valence-electron chi connectivity index (χ2n) is 15.9. The van der Waals surface area contributed by atoms with Gasteiger partial charge in [-0.2, -0.15) is 11.8 Å². The van der Waals surface area contributed by atoms with Crippen LogP contribution in [-0.2, 0) is 54.4 Å². The summed E-state index contributed by atoms with van der Waals surface area (Å²) in [5.41, 5.74) is 28.4. The third-order valence-corrected chi connectivity index (χ3v) is 11.0. The molecule has 0 spiro atoms. The number of aromatic amines is 1. The van der Waals surface area contributed by atoms with Crippen molar-refractivity contribution in [2.75, 3.05) is 38.2 Å². The minimum absolute atomic E-state index is 0.00496. The lowest BCUT2D eigenvalue weighted by atomic mass is 10.0. The van der Waals surface area contributed by atoms with Gasteiger partial charge >= 0.3 is 11.9 Å². The molecular weight excluding hydrogens is 913 g/mol. The molecule has 27 heteroatoms. The number of nitrogens with two attached hydrogens (primary N) is 5. The Bertz CT molecular complexity index is 1780. The molecule has 20 N–H and O–H groups in total. The number of imidazole rings is 1. The molecule has 8 amide bonds. The molecule has 1 aromatic rings. The zero-order chi connectivity index (χ0) is 51.0. The van der Waals surface area contributed by atoms with Gasteiger partial charge in [0.15, 0.2) is 0 Å². The summed E-state index contributed by atoms with van der Waals surface area (Å²) in [4.78, 5) is 136. The molecule has 7 atom stereocenters. The van der Waals surface area contributed by atoms with Gasteiger partial charge in [-0.1, -0.05) is 6.42 Å². The number of hydrogen-bond donors (Lipinski definition) is 15. The van der Waals surface area contributed by atoms with E-state index in [2.05, 4.69) is 47.2 Å². The predicted octanol–water partition coefficient (Wildman–Crippen LogP) is -4.34. The maximum atomic E-state index is 13.8. The van der Waals surface area contributed by atoms with Crippen LogP contribution >= 0.6 is 11.8 Å². The van der Waals surface area contributed by atoms with Crippen LogP contribution in [0.15, 0.2) is 12.5 Å². The van der Waals surface area contributed by atoms with E-state index in [1.807, 2.05) is 0 Å². The highest BCUT2D eigenvalue weighted by molar-refractivity contribution is 7.98. The van der Waals surface area contributed by atoms with E-state index in [0.717, 1.165) is 0 Å². The van der Waals surface area contributed by atoms with E-state index < -0.39 is 114 Å². The third-order valence-electron chi connectivity index (χ3n) is 10.3. The van der Waals surface area contributed by atoms with Crippen LogP contribution in [0.2, 0.25) is 0 Å². The topological polar surface area (TPSA) is 454 Å². The maximum absolute atomic E-state index is 13.8. The van der Waals surface area contributed by atoms with Gasteiger partial charge in [-0.05, 0) is 102 Å². The Balaban J connectivity index is 3.26. The van der Waals surface area contributed by atoms with Crippen molar-refractivity contribution in [1.82, 2.24) is 47.2 Å². The molecular formula is C41H72N14O12S. The van der Waals surface area contributed by atoms with Crippen molar-refractivity contribution in [3.63, 3.8) is 0 Å². The molecule has 26 nitrogen and oxygen atoms in total. The van der Waals surface area contributed by atoms with Crippen molar-refractivity contribution >= 4 is 71.0 Å². The van der Waals surface area contributed by atoms with Crippen LogP contribution in [0.25, 0.3) is 0 Å². The molecule has 0 unspecified atom stereocenters. The van der Waals surface area contributed by atoms with E-state index >= 15 is 0 Å². The Morgan fingerprint density at radius 2 is 1.07 bits per heavy atom. The van der Waals surface area contributed by atoms with Crippen LogP contribution in [0.5, 0.6) is 0 Å². The standard InChI is InChI=1S/C41H72N14O12S/c1-68-19-15-29(40(65)54-30(41(66)67)10-4-7-18-44)53-38(63)27(11-13-32(46)56)52-37(62)26(9-3-6-17-43)50-33(57)22-48-36(61)31(20-24-21-47-23-49-24)55-39(64)28(12-14-34(58)59)51-35(60)25(45)8-2-5-16-42/h21,23,25-31H,2-20,22,42-45H2,1H3,(H2,46,56)(H,47,49)(H,48,61)(H,50,57)(H,51,60)(H,52,62)(H,53,63)(H,54,65)(H,55,64)(H,58,59)(H,66,67)/t25-,26-,27-,28-,29-,30-,31-/m0/s1. The number of nitrogens with zero attached hydrogens (tertiary/aromatic N) is 1. The van der Waals surface area contributed by atoms with Crippen molar-refractivity contribution in [3.05, 3.63) is 18.2 Å². The van der Waals surface area contributed by atoms with Crippen LogP contribution in [0.3, 0.4) is 0 Å². The number of carboxylic acids is 2. The summed E-state index contributed by atoms with van der Waals surface area (Å²) in [6, 6.07) is -9.14. The molecule has 0 aliphatic heterocycles. The summed E-state index contributed by atoms with van der Waals surface area (Å²) in [6.45, 7) is 0.216. The molecule has 0 aromatic carbocycles. The van der Waals surface area contributed by atoms with Gasteiger partial charge in [0.05, 0.1) is 18.9 Å². The highest BCUT2D eigenvalue weighted by atomic mass is 32.2. The second-order valence-corrected chi connectivity index (χ2v) is 16.9. The Morgan fingerprint density at radius 3 is 1.56 bits per heavy atom. The first-order chi connectivity index (χ1) is 32.4. The zero-order valence-corrected chi connectivity index (χ0v) is 39.4. The summed E-state index contributed by atoms with van der Waals surface area (Å²) in [7, 11) is 0. The number of carbonyl (C=O) groups is 10. The number of primary amides is 1. The van der Waals surface area contributed by atoms with Crippen LogP contribution in [-0.4, -0.2) is 160 Å². The van der Waals surface area contributed by atoms with E-state index in [-0.39, 0.29) is 57.9 Å². The summed E-state index contributed by atoms with van der Waals surface area (Å²) < 4.78 is 0. The highest BCUT2D eigenvalue weighted by Crippen LogP contribution is 2.10. The Morgan fingerprint density at radius 1 is 0.603 bits per heavy atom. The lowest BCUT2D eigenvalue weighted by Gasteiger charge is -2.26. The van der Waals surface area contributed by atoms with Crippen molar-refractivity contribution in [1.29, 1.82) is 0 Å². The van der Waals surface area contributed by atoms with Gasteiger partial charge in [-0.3, -0.25) is 43.2 Å². The normalized spacial score (nSPS) is 14.1. The number of aromatic nitrogens is 2. The van der Waals surface area contributed by atoms with Crippen LogP contribution in [0.4, 0.5) is 0 Å². The summed E-state index contributed by atoms with van der Waals surface area (Å²) in [5.74, 6) is -8.91. The maximum Gasteiger partial charge on any atom is 0.326 e. The number of amides is 8. The van der Waals surface area contributed by atoms with Gasteiger partial charge in [-0.25, -0.2) is 9.78 Å². The van der Waals surface area contributed by atoms with Crippen molar-refractivity contribution < 1.29 is 58.2 Å². The average molecular weight is 985 g/mol. The molecule has 1 aromatic heterocycles. The molecule has 0 radical (unpaired) electrons. The lowest BCUT2D eigenvalue weighted by Crippen LogP contribution is -2.58. The fraction of sp³-hybridized carbons (Fsp3) is 0.683. The smallest absolute Gasteiger partial charge is 0.326 e. The number of aliphatic carboxylic acids is 2. The molecule has 0 fully saturated rings. The van der Waals surface area contributed by atoms with E-state index in [0.29, 0.717) is 63.1 Å². The SMILES string of the molecule is CSCC[C@H](NC(=O)[C@H](CCC(N)=O)NC(=O)[C@H](CCCCN)NC(=O)CNC(=O)[C@H](Cc1cnc[nH]1)NC(=O)[C@H](CCC(=O)O)NC(=O)[C@@H](N)CCCCN)C(=O)N[C@@H](CCCCN)C(=O)O. The minimum atomic E-state index is -1.46. The van der Waals surface area contributed by atoms with Gasteiger partial charge in [0.2, 0.25) is 47.3 Å². The number of H-pyrrole nitrogens is 1. The van der Waals surface area contributed by atoms with Crippen LogP contribution < -0.4 is 65.9 Å². The summed E-state index contributed by atoms with van der Waals surface area (Å²) >= 11 is 1.36. The minimum Gasteiger partial charge on any atom is -0.481 e. The van der Waals surface area contributed by atoms with Gasteiger partial charge in [0.25, 0.3) is 0 Å². The van der Waals surface area contributed by atoms with Crippen LogP contribution in [0, 0.1) is 0 Å². The summed E-state index contributed by atoms with van der Waals surface area (Å²) in [5, 5.41) is 36.4. The van der Waals surface area contributed by atoms with Crippen LogP contribution in [0.1, 0.15) is 95.6 Å². The van der Waals surface area contributed by atoms with Gasteiger partial charge < -0.3 is 81.1 Å². The molecule has 0 aliphatic carbocycles. The molecule has 68 heavy (non-hydrogen) atoms. The Hall–Kier alpha value is -5.90. The number of nitrogens with one attached hydrogen (secondary N) is 8. The molecule has 0 saturated heterocycles. The number of thioether (sulfide) groups is 1. The Kier molecular flexibility index (Phi) is 30.4. The number of carboxylic acid groups (broad SMARTS) is 2. The fourth-order valence-corrected chi connectivity index (χ4v) is 6.95. The van der Waals surface area contributed by atoms with E-state index in [1.165, 1.54) is 24.3 Å². The second kappa shape index (κ2) is 34.4. The number of unbranched alkanes of at least 4 members (excludes halogenated alkanes) is 3. The quantitative estimate of drug-likeness (QED) is 0.0279. The molecule has 0 bridgehead atoms. The molecule has 384 valence electrons. The largest absolute Gasteiger partial charge is 0.481 e. The third kappa shape index (κ3) is 25.3. The van der Waals surface area contributed by atoms with Gasteiger partial charge in [0, 0.05) is 31.2 Å². The van der Waals surface area contributed by atoms with E-state index in [1.54, 1.807) is 6.26 Å². The van der Waals surface area contributed by atoms with Crippen molar-refractivity contribution in [3.8, 4) is 0 Å². The monoisotopic (exact) mass is 985 g/mol. The van der Waals surface area contributed by atoms with Crippen molar-refractivity contribution in [2.45, 2.75) is 139 Å². The molecule has 1 rings (SSSR count). The number of hydrogen-bond acceptors (Lipinski definition) is 16. The van der Waals surface area contributed by atoms with Gasteiger partial charge in [0.1, 0.15) is 36.3 Å². The first-order valence-electron chi connectivity index (χ1n) is 22.5. The van der Waals surface area contributed by atoms with E-state index in [4.69, 9.17) is 28.7 Å². The van der Waals surface area contributed by atoms with E-state index in [9.17, 15) is 58.2 Å².